The smallest absolute Gasteiger partial charge is 0.201 e. The molecule has 1 aliphatic carbocycles. The van der Waals surface area contributed by atoms with E-state index in [1.165, 1.54) is 38.5 Å². The summed E-state index contributed by atoms with van der Waals surface area (Å²) < 4.78 is 3.22. The molecule has 1 heterocycles. The molecule has 1 fully saturated rings. The summed E-state index contributed by atoms with van der Waals surface area (Å²) in [7, 11) is 0. The molecule has 2 aromatic rings. The van der Waals surface area contributed by atoms with E-state index in [4.69, 9.17) is 5.73 Å². The zero-order valence-corrected chi connectivity index (χ0v) is 12.7. The first-order valence-electron chi connectivity index (χ1n) is 7.15. The normalized spacial score (nSPS) is 17.1. The molecule has 0 bridgehead atoms. The fraction of sp³-hybridized carbons (Fsp3) is 0.533. The number of nitrogens with zero attached hydrogens (tertiary/aromatic N) is 2. The van der Waals surface area contributed by atoms with Crippen molar-refractivity contribution in [2.45, 2.75) is 45.1 Å². The monoisotopic (exact) mass is 321 g/mol. The van der Waals surface area contributed by atoms with Crippen LogP contribution in [-0.2, 0) is 6.54 Å². The number of nitrogen functional groups attached to an aromatic ring is 1. The maximum absolute atomic E-state index is 6.06. The highest BCUT2D eigenvalue weighted by Crippen LogP contribution is 2.28. The predicted octanol–water partition coefficient (Wildman–Crippen LogP) is 4.35. The SMILES string of the molecule is Nc1nc2cc(Br)ccc2n1CCC1CCCCC1. The van der Waals surface area contributed by atoms with Crippen LogP contribution in [0.3, 0.4) is 0 Å². The van der Waals surface area contributed by atoms with Gasteiger partial charge in [0.25, 0.3) is 0 Å². The Morgan fingerprint density at radius 3 is 2.84 bits per heavy atom. The lowest BCUT2D eigenvalue weighted by Gasteiger charge is -2.21. The van der Waals surface area contributed by atoms with Gasteiger partial charge in [0.15, 0.2) is 0 Å². The number of benzene rings is 1. The van der Waals surface area contributed by atoms with Gasteiger partial charge in [-0.05, 0) is 30.5 Å². The van der Waals surface area contributed by atoms with E-state index in [-0.39, 0.29) is 0 Å². The average Bonchev–Trinajstić information content (AvgIpc) is 2.72. The van der Waals surface area contributed by atoms with Crippen molar-refractivity contribution in [2.75, 3.05) is 5.73 Å². The molecule has 0 saturated heterocycles. The number of aromatic nitrogens is 2. The number of fused-ring (bicyclic) bond motifs is 1. The van der Waals surface area contributed by atoms with Crippen LogP contribution in [0.15, 0.2) is 22.7 Å². The third-order valence-electron chi connectivity index (χ3n) is 4.23. The molecule has 0 unspecified atom stereocenters. The van der Waals surface area contributed by atoms with E-state index in [1.807, 2.05) is 6.07 Å². The van der Waals surface area contributed by atoms with Crippen molar-refractivity contribution in [3.05, 3.63) is 22.7 Å². The van der Waals surface area contributed by atoms with E-state index >= 15 is 0 Å². The molecule has 2 N–H and O–H groups in total. The first-order valence-corrected chi connectivity index (χ1v) is 7.94. The first-order chi connectivity index (χ1) is 9.24. The second-order valence-corrected chi connectivity index (χ2v) is 6.46. The van der Waals surface area contributed by atoms with E-state index in [1.54, 1.807) is 0 Å². The van der Waals surface area contributed by atoms with Crippen molar-refractivity contribution >= 4 is 32.9 Å². The number of imidazole rings is 1. The summed E-state index contributed by atoms with van der Waals surface area (Å²) >= 11 is 3.48. The van der Waals surface area contributed by atoms with Gasteiger partial charge < -0.3 is 10.3 Å². The Kier molecular flexibility index (Phi) is 3.78. The number of aryl methyl sites for hydroxylation is 1. The van der Waals surface area contributed by atoms with Gasteiger partial charge in [-0.1, -0.05) is 48.0 Å². The van der Waals surface area contributed by atoms with E-state index in [9.17, 15) is 0 Å². The third-order valence-corrected chi connectivity index (χ3v) is 4.72. The molecular formula is C15H20BrN3. The van der Waals surface area contributed by atoms with Crippen LogP contribution in [0, 0.1) is 5.92 Å². The van der Waals surface area contributed by atoms with Crippen LogP contribution in [0.4, 0.5) is 5.95 Å². The minimum absolute atomic E-state index is 0.643. The summed E-state index contributed by atoms with van der Waals surface area (Å²) in [6, 6.07) is 6.19. The Morgan fingerprint density at radius 2 is 2.05 bits per heavy atom. The fourth-order valence-electron chi connectivity index (χ4n) is 3.14. The standard InChI is InChI=1S/C15H20BrN3/c16-12-6-7-14-13(10-12)18-15(17)19(14)9-8-11-4-2-1-3-5-11/h6-7,10-11H,1-5,8-9H2,(H2,17,18). The van der Waals surface area contributed by atoms with Gasteiger partial charge in [-0.25, -0.2) is 4.98 Å². The van der Waals surface area contributed by atoms with Gasteiger partial charge >= 0.3 is 0 Å². The van der Waals surface area contributed by atoms with Crippen LogP contribution in [0.1, 0.15) is 38.5 Å². The highest BCUT2D eigenvalue weighted by molar-refractivity contribution is 9.10. The molecule has 3 nitrogen and oxygen atoms in total. The molecule has 0 atom stereocenters. The fourth-order valence-corrected chi connectivity index (χ4v) is 3.49. The van der Waals surface area contributed by atoms with Crippen molar-refractivity contribution < 1.29 is 0 Å². The maximum atomic E-state index is 6.06. The van der Waals surface area contributed by atoms with Gasteiger partial charge in [0.1, 0.15) is 0 Å². The largest absolute Gasteiger partial charge is 0.369 e. The molecule has 0 aliphatic heterocycles. The van der Waals surface area contributed by atoms with Gasteiger partial charge in [0.05, 0.1) is 11.0 Å². The average molecular weight is 322 g/mol. The number of hydrogen-bond acceptors (Lipinski definition) is 2. The molecule has 0 amide bonds. The molecule has 0 radical (unpaired) electrons. The molecule has 1 aromatic carbocycles. The Morgan fingerprint density at radius 1 is 1.26 bits per heavy atom. The summed E-state index contributed by atoms with van der Waals surface area (Å²) in [6.07, 6.45) is 8.22. The molecule has 1 aromatic heterocycles. The zero-order valence-electron chi connectivity index (χ0n) is 11.1. The molecule has 1 saturated carbocycles. The van der Waals surface area contributed by atoms with Gasteiger partial charge in [0.2, 0.25) is 5.95 Å². The number of hydrogen-bond donors (Lipinski definition) is 1. The number of halogens is 1. The van der Waals surface area contributed by atoms with Crippen LogP contribution >= 0.6 is 15.9 Å². The molecular weight excluding hydrogens is 302 g/mol. The Labute approximate surface area is 122 Å². The lowest BCUT2D eigenvalue weighted by atomic mass is 9.87. The van der Waals surface area contributed by atoms with Crippen LogP contribution in [0.25, 0.3) is 11.0 Å². The second-order valence-electron chi connectivity index (χ2n) is 5.55. The number of nitrogens with two attached hydrogens (primary N) is 1. The number of anilines is 1. The van der Waals surface area contributed by atoms with Crippen LogP contribution in [-0.4, -0.2) is 9.55 Å². The highest BCUT2D eigenvalue weighted by atomic mass is 79.9. The molecule has 102 valence electrons. The summed E-state index contributed by atoms with van der Waals surface area (Å²) in [5.41, 5.74) is 8.19. The molecule has 0 spiro atoms. The molecule has 4 heteroatoms. The van der Waals surface area contributed by atoms with Crippen molar-refractivity contribution in [1.82, 2.24) is 9.55 Å². The van der Waals surface area contributed by atoms with Crippen molar-refractivity contribution in [1.29, 1.82) is 0 Å². The second kappa shape index (κ2) is 5.53. The van der Waals surface area contributed by atoms with Gasteiger partial charge in [-0.15, -0.1) is 0 Å². The zero-order chi connectivity index (χ0) is 13.2. The molecule has 1 aliphatic rings. The summed E-state index contributed by atoms with van der Waals surface area (Å²) in [5.74, 6) is 1.52. The summed E-state index contributed by atoms with van der Waals surface area (Å²) in [5, 5.41) is 0. The molecule has 19 heavy (non-hydrogen) atoms. The Bertz CT molecular complexity index is 570. The van der Waals surface area contributed by atoms with E-state index in [0.717, 1.165) is 28.0 Å². The maximum Gasteiger partial charge on any atom is 0.201 e. The molecule has 3 rings (SSSR count). The van der Waals surface area contributed by atoms with Crippen molar-refractivity contribution in [2.24, 2.45) is 5.92 Å². The van der Waals surface area contributed by atoms with E-state index < -0.39 is 0 Å². The van der Waals surface area contributed by atoms with Gasteiger partial charge in [-0.3, -0.25) is 0 Å². The van der Waals surface area contributed by atoms with E-state index in [2.05, 4.69) is 37.6 Å². The number of rotatable bonds is 3. The highest BCUT2D eigenvalue weighted by Gasteiger charge is 2.15. The van der Waals surface area contributed by atoms with Crippen molar-refractivity contribution in [3.8, 4) is 0 Å². The summed E-state index contributed by atoms with van der Waals surface area (Å²) in [6.45, 7) is 0.995. The lowest BCUT2D eigenvalue weighted by Crippen LogP contribution is -2.11. The third kappa shape index (κ3) is 2.78. The van der Waals surface area contributed by atoms with Crippen LogP contribution in [0.2, 0.25) is 0 Å². The van der Waals surface area contributed by atoms with Crippen molar-refractivity contribution in [3.63, 3.8) is 0 Å². The minimum Gasteiger partial charge on any atom is -0.369 e. The summed E-state index contributed by atoms with van der Waals surface area (Å²) in [4.78, 5) is 4.45. The Balaban J connectivity index is 1.78. The quantitative estimate of drug-likeness (QED) is 0.913. The lowest BCUT2D eigenvalue weighted by molar-refractivity contribution is 0.326. The topological polar surface area (TPSA) is 43.8 Å². The van der Waals surface area contributed by atoms with E-state index in [0.29, 0.717) is 5.95 Å². The Hall–Kier alpha value is -1.03. The minimum atomic E-state index is 0.643. The predicted molar refractivity (Wildman–Crippen MR) is 83.0 cm³/mol. The van der Waals surface area contributed by atoms with Gasteiger partial charge in [-0.2, -0.15) is 0 Å². The van der Waals surface area contributed by atoms with Crippen LogP contribution in [0.5, 0.6) is 0 Å². The van der Waals surface area contributed by atoms with Crippen LogP contribution < -0.4 is 5.73 Å². The first kappa shape index (κ1) is 13.0. The van der Waals surface area contributed by atoms with Gasteiger partial charge in [0, 0.05) is 11.0 Å².